The van der Waals surface area contributed by atoms with Crippen LogP contribution in [0.2, 0.25) is 5.28 Å². The lowest BCUT2D eigenvalue weighted by Crippen LogP contribution is -2.04. The number of hydrogen-bond donors (Lipinski definition) is 2. The van der Waals surface area contributed by atoms with Gasteiger partial charge in [-0.3, -0.25) is 0 Å². The first kappa shape index (κ1) is 12.4. The molecule has 0 radical (unpaired) electrons. The minimum absolute atomic E-state index is 0.0000850. The van der Waals surface area contributed by atoms with Crippen molar-refractivity contribution in [2.45, 2.75) is 0 Å². The van der Waals surface area contributed by atoms with Crippen molar-refractivity contribution in [3.05, 3.63) is 41.1 Å². The molecule has 0 atom stereocenters. The molecule has 0 bridgehead atoms. The van der Waals surface area contributed by atoms with Crippen LogP contribution < -0.4 is 11.1 Å². The molecule has 8 heteroatoms. The van der Waals surface area contributed by atoms with Crippen molar-refractivity contribution in [3.8, 4) is 0 Å². The van der Waals surface area contributed by atoms with Crippen LogP contribution in [-0.2, 0) is 0 Å². The summed E-state index contributed by atoms with van der Waals surface area (Å²) in [4.78, 5) is 7.29. The minimum Gasteiger partial charge on any atom is -0.394 e. The average Bonchev–Trinajstić information content (AvgIpc) is 2.34. The number of nitrogens with one attached hydrogen (secondary N) is 1. The largest absolute Gasteiger partial charge is 0.394 e. The van der Waals surface area contributed by atoms with Gasteiger partial charge in [0.05, 0.1) is 17.6 Å². The summed E-state index contributed by atoms with van der Waals surface area (Å²) in [5, 5.41) is 2.29. The summed E-state index contributed by atoms with van der Waals surface area (Å²) in [5.74, 6) is -4.24. The van der Waals surface area contributed by atoms with Gasteiger partial charge in [0.1, 0.15) is 0 Å². The second-order valence-electron chi connectivity index (χ2n) is 3.29. The van der Waals surface area contributed by atoms with Crippen molar-refractivity contribution in [2.75, 3.05) is 11.1 Å². The zero-order valence-corrected chi connectivity index (χ0v) is 9.47. The summed E-state index contributed by atoms with van der Waals surface area (Å²) in [7, 11) is 0. The van der Waals surface area contributed by atoms with Crippen LogP contribution in [0.5, 0.6) is 0 Å². The van der Waals surface area contributed by atoms with E-state index in [9.17, 15) is 13.2 Å². The van der Waals surface area contributed by atoms with E-state index in [1.165, 1.54) is 6.20 Å². The fourth-order valence-corrected chi connectivity index (χ4v) is 1.35. The Morgan fingerprint density at radius 2 is 1.89 bits per heavy atom. The van der Waals surface area contributed by atoms with Crippen LogP contribution in [0.3, 0.4) is 0 Å². The van der Waals surface area contributed by atoms with Crippen LogP contribution >= 0.6 is 11.6 Å². The van der Waals surface area contributed by atoms with Crippen LogP contribution in [0.4, 0.5) is 30.4 Å². The maximum Gasteiger partial charge on any atom is 0.224 e. The summed E-state index contributed by atoms with van der Waals surface area (Å²) in [6.45, 7) is 0. The molecule has 4 nitrogen and oxygen atoms in total. The number of rotatable bonds is 2. The number of anilines is 3. The first-order valence-corrected chi connectivity index (χ1v) is 5.05. The first-order chi connectivity index (χ1) is 8.49. The van der Waals surface area contributed by atoms with Crippen molar-refractivity contribution in [1.82, 2.24) is 9.97 Å². The average molecular weight is 275 g/mol. The molecule has 0 amide bonds. The number of halogens is 4. The summed E-state index contributed by atoms with van der Waals surface area (Å²) in [6, 6.07) is 1.79. The minimum atomic E-state index is -1.58. The predicted octanol–water partition coefficient (Wildman–Crippen LogP) is 2.87. The molecule has 0 unspecified atom stereocenters. The molecule has 2 aromatic rings. The number of benzene rings is 1. The molecule has 0 spiro atoms. The van der Waals surface area contributed by atoms with Gasteiger partial charge in [-0.25, -0.2) is 18.2 Å². The van der Waals surface area contributed by atoms with E-state index in [2.05, 4.69) is 15.3 Å². The van der Waals surface area contributed by atoms with Gasteiger partial charge in [0.25, 0.3) is 0 Å². The fraction of sp³-hybridized carbons (Fsp3) is 0. The molecule has 18 heavy (non-hydrogen) atoms. The molecule has 2 rings (SSSR count). The van der Waals surface area contributed by atoms with E-state index in [0.717, 1.165) is 12.1 Å². The highest BCUT2D eigenvalue weighted by atomic mass is 35.5. The van der Waals surface area contributed by atoms with Crippen molar-refractivity contribution < 1.29 is 13.2 Å². The summed E-state index contributed by atoms with van der Waals surface area (Å²) < 4.78 is 39.1. The molecule has 3 N–H and O–H groups in total. The molecule has 94 valence electrons. The molecule has 0 saturated carbocycles. The summed E-state index contributed by atoms with van der Waals surface area (Å²) in [5.41, 5.74) is 5.30. The van der Waals surface area contributed by atoms with Crippen LogP contribution in [0.1, 0.15) is 0 Å². The molecule has 0 aliphatic rings. The summed E-state index contributed by atoms with van der Waals surface area (Å²) >= 11 is 5.53. The highest BCUT2D eigenvalue weighted by Crippen LogP contribution is 2.25. The fourth-order valence-electron chi connectivity index (χ4n) is 1.22. The maximum atomic E-state index is 13.4. The van der Waals surface area contributed by atoms with E-state index in [0.29, 0.717) is 0 Å². The molecular weight excluding hydrogens is 269 g/mol. The Balaban J connectivity index is 2.40. The standard InChI is InChI=1S/C10H6ClF3N4/c11-10-16-3-5(15)9(18-10)17-6-2-1-4(12)7(13)8(6)14/h1-3H,15H2,(H,16,17,18). The van der Waals surface area contributed by atoms with Crippen molar-refractivity contribution >= 4 is 28.8 Å². The Hall–Kier alpha value is -2.02. The summed E-state index contributed by atoms with van der Waals surface area (Å²) in [6.07, 6.45) is 1.20. The van der Waals surface area contributed by atoms with Gasteiger partial charge >= 0.3 is 0 Å². The van der Waals surface area contributed by atoms with Crippen LogP contribution in [0.15, 0.2) is 18.3 Å². The number of nitrogens with zero attached hydrogens (tertiary/aromatic N) is 2. The second-order valence-corrected chi connectivity index (χ2v) is 3.63. The number of nitrogen functional groups attached to an aromatic ring is 1. The van der Waals surface area contributed by atoms with E-state index in [-0.39, 0.29) is 22.5 Å². The van der Waals surface area contributed by atoms with Gasteiger partial charge in [-0.1, -0.05) is 0 Å². The third kappa shape index (κ3) is 2.30. The van der Waals surface area contributed by atoms with Gasteiger partial charge in [0.2, 0.25) is 5.28 Å². The quantitative estimate of drug-likeness (QED) is 0.653. The number of hydrogen-bond acceptors (Lipinski definition) is 4. The lowest BCUT2D eigenvalue weighted by molar-refractivity contribution is 0.449. The number of nitrogens with two attached hydrogens (primary N) is 1. The van der Waals surface area contributed by atoms with Crippen molar-refractivity contribution in [1.29, 1.82) is 0 Å². The Morgan fingerprint density at radius 1 is 1.17 bits per heavy atom. The van der Waals surface area contributed by atoms with Crippen molar-refractivity contribution in [2.24, 2.45) is 0 Å². The highest BCUT2D eigenvalue weighted by molar-refractivity contribution is 6.28. The molecule has 1 aromatic heterocycles. The van der Waals surface area contributed by atoms with Gasteiger partial charge in [-0.05, 0) is 23.7 Å². The Kier molecular flexibility index (Phi) is 3.24. The van der Waals surface area contributed by atoms with E-state index in [1.54, 1.807) is 0 Å². The maximum absolute atomic E-state index is 13.4. The molecule has 0 saturated heterocycles. The Morgan fingerprint density at radius 3 is 2.61 bits per heavy atom. The molecule has 0 aliphatic carbocycles. The SMILES string of the molecule is Nc1cnc(Cl)nc1Nc1ccc(F)c(F)c1F. The number of aromatic nitrogens is 2. The normalized spacial score (nSPS) is 10.4. The third-order valence-corrected chi connectivity index (χ3v) is 2.26. The lowest BCUT2D eigenvalue weighted by atomic mass is 10.2. The molecule has 1 aromatic carbocycles. The van der Waals surface area contributed by atoms with E-state index in [4.69, 9.17) is 17.3 Å². The van der Waals surface area contributed by atoms with E-state index in [1.807, 2.05) is 0 Å². The lowest BCUT2D eigenvalue weighted by Gasteiger charge is -2.09. The van der Waals surface area contributed by atoms with Crippen LogP contribution in [0, 0.1) is 17.5 Å². The monoisotopic (exact) mass is 274 g/mol. The van der Waals surface area contributed by atoms with Gasteiger partial charge in [-0.15, -0.1) is 0 Å². The van der Waals surface area contributed by atoms with E-state index < -0.39 is 17.5 Å². The van der Waals surface area contributed by atoms with Gasteiger partial charge in [0.15, 0.2) is 23.3 Å². The molecular formula is C10H6ClF3N4. The second kappa shape index (κ2) is 4.69. The highest BCUT2D eigenvalue weighted by Gasteiger charge is 2.14. The molecule has 0 aliphatic heterocycles. The van der Waals surface area contributed by atoms with E-state index >= 15 is 0 Å². The van der Waals surface area contributed by atoms with Gasteiger partial charge < -0.3 is 11.1 Å². The van der Waals surface area contributed by atoms with Crippen LogP contribution in [-0.4, -0.2) is 9.97 Å². The smallest absolute Gasteiger partial charge is 0.224 e. The Labute approximate surface area is 105 Å². The zero-order valence-electron chi connectivity index (χ0n) is 8.72. The predicted molar refractivity (Wildman–Crippen MR) is 61.1 cm³/mol. The Bertz CT molecular complexity index is 606. The third-order valence-electron chi connectivity index (χ3n) is 2.08. The topological polar surface area (TPSA) is 63.8 Å². The molecule has 1 heterocycles. The van der Waals surface area contributed by atoms with Crippen molar-refractivity contribution in [3.63, 3.8) is 0 Å². The van der Waals surface area contributed by atoms with Gasteiger partial charge in [-0.2, -0.15) is 4.98 Å². The zero-order chi connectivity index (χ0) is 13.3. The first-order valence-electron chi connectivity index (χ1n) is 4.67. The van der Waals surface area contributed by atoms with Gasteiger partial charge in [0, 0.05) is 0 Å². The van der Waals surface area contributed by atoms with Crippen LogP contribution in [0.25, 0.3) is 0 Å². The molecule has 0 fully saturated rings.